The number of hydrogen-bond donors (Lipinski definition) is 0. The van der Waals surface area contributed by atoms with Crippen molar-refractivity contribution in [1.82, 2.24) is 0 Å². The van der Waals surface area contributed by atoms with Crippen LogP contribution in [0.2, 0.25) is 0 Å². The van der Waals surface area contributed by atoms with Crippen LogP contribution in [0.25, 0.3) is 0 Å². The first-order valence-electron chi connectivity index (χ1n) is 2.39. The van der Waals surface area contributed by atoms with Crippen molar-refractivity contribution in [3.63, 3.8) is 0 Å². The predicted molar refractivity (Wildman–Crippen MR) is 37.2 cm³/mol. The molecule has 2 radical (unpaired) electrons. The van der Waals surface area contributed by atoms with E-state index in [-0.39, 0.29) is 52.7 Å². The average Bonchev–Trinajstić information content (AvgIpc) is 1.33. The number of rotatable bonds is 0. The maximum Gasteiger partial charge on any atom is 2.00 e. The van der Waals surface area contributed by atoms with Crippen LogP contribution in [0.3, 0.4) is 0 Å². The monoisotopic (exact) mass is 152 g/mol. The van der Waals surface area contributed by atoms with Crippen LogP contribution >= 0.6 is 0 Å². The van der Waals surface area contributed by atoms with Crippen LogP contribution in [0, 0.1) is 0 Å². The molecule has 0 aromatic rings. The molecule has 0 amide bonds. The van der Waals surface area contributed by atoms with Crippen molar-refractivity contribution < 1.29 is 10.2 Å². The fourth-order valence-corrected chi connectivity index (χ4v) is 0. The molecule has 0 unspecified atom stereocenters. The van der Waals surface area contributed by atoms with Crippen molar-refractivity contribution in [1.29, 1.82) is 0 Å². The molecule has 0 bridgehead atoms. The molecule has 0 aromatic heterocycles. The van der Waals surface area contributed by atoms with Crippen LogP contribution in [-0.4, -0.2) is 58.8 Å². The van der Waals surface area contributed by atoms with E-state index in [0.29, 0.717) is 0 Å². The second-order valence-electron chi connectivity index (χ2n) is 1.34. The largest absolute Gasteiger partial charge is 2.00 e. The Bertz CT molecular complexity index is 24.2. The summed E-state index contributed by atoms with van der Waals surface area (Å²) in [6, 6.07) is 0. The Kier molecular flexibility index (Phi) is 56.6. The smallest absolute Gasteiger partial charge is 0.855 e. The van der Waals surface area contributed by atoms with Crippen molar-refractivity contribution in [2.75, 3.05) is 6.61 Å². The minimum atomic E-state index is -0.417. The van der Waals surface area contributed by atoms with Crippen LogP contribution < -0.4 is 10.2 Å². The van der Waals surface area contributed by atoms with Crippen LogP contribution in [0.5, 0.6) is 0 Å². The van der Waals surface area contributed by atoms with Gasteiger partial charge < -0.3 is 10.2 Å². The van der Waals surface area contributed by atoms with E-state index in [2.05, 4.69) is 0 Å². The van der Waals surface area contributed by atoms with Gasteiger partial charge in [-0.15, -0.1) is 12.7 Å². The standard InChI is InChI=1S/C3H7O.C2H5O.2Mg/c1-3(2)4;1-2-3;;/h3H,1-2H3;2H2,1H3;;/q2*-1;;+2. The molecule has 0 atom stereocenters. The van der Waals surface area contributed by atoms with Gasteiger partial charge in [0.1, 0.15) is 0 Å². The molecular formula is C5H12Mg2O2. The van der Waals surface area contributed by atoms with Crippen LogP contribution in [0.4, 0.5) is 0 Å². The Balaban J connectivity index is -0.0000000233. The average molecular weight is 153 g/mol. The Labute approximate surface area is 89.3 Å². The van der Waals surface area contributed by atoms with Gasteiger partial charge in [-0.25, -0.2) is 0 Å². The molecule has 0 heterocycles. The molecule has 0 saturated heterocycles. The Morgan fingerprint density at radius 3 is 1.33 bits per heavy atom. The molecular weight excluding hydrogens is 141 g/mol. The van der Waals surface area contributed by atoms with E-state index in [1.165, 1.54) is 0 Å². The second kappa shape index (κ2) is 22.7. The van der Waals surface area contributed by atoms with Gasteiger partial charge in [0.15, 0.2) is 0 Å². The molecule has 2 nitrogen and oxygen atoms in total. The normalized spacial score (nSPS) is 6.00. The summed E-state index contributed by atoms with van der Waals surface area (Å²) in [6.07, 6.45) is -0.417. The van der Waals surface area contributed by atoms with Crippen LogP contribution in [0.1, 0.15) is 20.8 Å². The summed E-state index contributed by atoms with van der Waals surface area (Å²) in [6.45, 7) is 4.79. The molecule has 0 N–H and O–H groups in total. The van der Waals surface area contributed by atoms with Crippen molar-refractivity contribution in [2.45, 2.75) is 26.9 Å². The van der Waals surface area contributed by atoms with Gasteiger partial charge in [0.25, 0.3) is 0 Å². The summed E-state index contributed by atoms with van der Waals surface area (Å²) < 4.78 is 0. The summed E-state index contributed by atoms with van der Waals surface area (Å²) in [4.78, 5) is 0. The Hall–Kier alpha value is 1.45. The van der Waals surface area contributed by atoms with E-state index in [4.69, 9.17) is 5.11 Å². The van der Waals surface area contributed by atoms with E-state index in [9.17, 15) is 5.11 Å². The summed E-state index contributed by atoms with van der Waals surface area (Å²) in [7, 11) is 0. The zero-order chi connectivity index (χ0) is 6.28. The molecule has 0 aromatic carbocycles. The molecule has 0 saturated carbocycles. The van der Waals surface area contributed by atoms with Gasteiger partial charge in [0.2, 0.25) is 0 Å². The zero-order valence-corrected chi connectivity index (χ0v) is 9.34. The van der Waals surface area contributed by atoms with Crippen molar-refractivity contribution in [3.05, 3.63) is 0 Å². The third-order valence-corrected chi connectivity index (χ3v) is 0. The van der Waals surface area contributed by atoms with E-state index in [1.807, 2.05) is 0 Å². The third-order valence-electron chi connectivity index (χ3n) is 0. The van der Waals surface area contributed by atoms with E-state index >= 15 is 0 Å². The minimum absolute atomic E-state index is 0. The van der Waals surface area contributed by atoms with Crippen molar-refractivity contribution in [3.8, 4) is 0 Å². The van der Waals surface area contributed by atoms with E-state index < -0.39 is 6.10 Å². The molecule has 0 spiro atoms. The molecule has 4 heteroatoms. The van der Waals surface area contributed by atoms with Gasteiger partial charge in [-0.3, -0.25) is 0 Å². The molecule has 0 aliphatic rings. The fourth-order valence-electron chi connectivity index (χ4n) is 0. The van der Waals surface area contributed by atoms with Gasteiger partial charge in [0, 0.05) is 23.1 Å². The predicted octanol–water partition coefficient (Wildman–Crippen LogP) is -1.64. The zero-order valence-electron chi connectivity index (χ0n) is 6.52. The topological polar surface area (TPSA) is 46.1 Å². The number of hydrogen-bond acceptors (Lipinski definition) is 2. The van der Waals surface area contributed by atoms with Gasteiger partial charge in [-0.2, -0.15) is 0 Å². The van der Waals surface area contributed by atoms with Gasteiger partial charge in [-0.1, -0.05) is 20.8 Å². The summed E-state index contributed by atoms with van der Waals surface area (Å²) in [5.41, 5.74) is 0. The quantitative estimate of drug-likeness (QED) is 0.391. The maximum absolute atomic E-state index is 9.53. The first-order valence-corrected chi connectivity index (χ1v) is 2.39. The second-order valence-corrected chi connectivity index (χ2v) is 1.34. The van der Waals surface area contributed by atoms with Crippen molar-refractivity contribution >= 4 is 46.1 Å². The minimum Gasteiger partial charge on any atom is -0.855 e. The maximum atomic E-state index is 9.53. The SMILES string of the molecule is CC(C)[O-].CC[O-].[Mg+2].[Mg]. The van der Waals surface area contributed by atoms with Gasteiger partial charge >= 0.3 is 23.1 Å². The summed E-state index contributed by atoms with van der Waals surface area (Å²) in [5, 5.41) is 18.5. The van der Waals surface area contributed by atoms with Gasteiger partial charge in [0.05, 0.1) is 0 Å². The van der Waals surface area contributed by atoms with Crippen LogP contribution in [-0.2, 0) is 0 Å². The fraction of sp³-hybridized carbons (Fsp3) is 1.00. The first-order chi connectivity index (χ1) is 3.15. The first kappa shape index (κ1) is 22.4. The van der Waals surface area contributed by atoms with Gasteiger partial charge in [-0.05, 0) is 0 Å². The molecule has 9 heavy (non-hydrogen) atoms. The van der Waals surface area contributed by atoms with Crippen LogP contribution in [0.15, 0.2) is 0 Å². The molecule has 0 rings (SSSR count). The molecule has 0 fully saturated rings. The molecule has 0 aliphatic carbocycles. The Morgan fingerprint density at radius 1 is 1.33 bits per heavy atom. The molecule has 48 valence electrons. The molecule has 0 aliphatic heterocycles. The summed E-state index contributed by atoms with van der Waals surface area (Å²) in [5.74, 6) is 0. The van der Waals surface area contributed by atoms with E-state index in [0.717, 1.165) is 0 Å². The third kappa shape index (κ3) is 249. The van der Waals surface area contributed by atoms with E-state index in [1.54, 1.807) is 20.8 Å². The Morgan fingerprint density at radius 2 is 1.33 bits per heavy atom. The summed E-state index contributed by atoms with van der Waals surface area (Å²) >= 11 is 0. The van der Waals surface area contributed by atoms with Crippen molar-refractivity contribution in [2.24, 2.45) is 0 Å².